The van der Waals surface area contributed by atoms with Gasteiger partial charge in [-0.1, -0.05) is 67.8 Å². The molecule has 2 aliphatic carbocycles. The van der Waals surface area contributed by atoms with E-state index in [0.717, 1.165) is 41.5 Å². The van der Waals surface area contributed by atoms with Crippen LogP contribution in [-0.2, 0) is 14.3 Å². The van der Waals surface area contributed by atoms with E-state index < -0.39 is 23.6 Å². The van der Waals surface area contributed by atoms with Crippen LogP contribution < -0.4 is 5.32 Å². The summed E-state index contributed by atoms with van der Waals surface area (Å²) in [5.74, 6) is -1.09. The van der Waals surface area contributed by atoms with E-state index >= 15 is 0 Å². The Labute approximate surface area is 206 Å². The van der Waals surface area contributed by atoms with Crippen molar-refractivity contribution in [3.63, 3.8) is 0 Å². The summed E-state index contributed by atoms with van der Waals surface area (Å²) in [5, 5.41) is 12.2. The molecule has 0 bridgehead atoms. The van der Waals surface area contributed by atoms with Gasteiger partial charge in [0, 0.05) is 25.4 Å². The molecule has 0 aliphatic heterocycles. The number of benzene rings is 2. The topological polar surface area (TPSA) is 95.9 Å². The highest BCUT2D eigenvalue weighted by atomic mass is 16.5. The fourth-order valence-corrected chi connectivity index (χ4v) is 5.68. The van der Waals surface area contributed by atoms with Crippen molar-refractivity contribution >= 4 is 18.0 Å². The Hall–Kier alpha value is -3.35. The molecule has 2 N–H and O–H groups in total. The summed E-state index contributed by atoms with van der Waals surface area (Å²) in [6, 6.07) is 15.9. The second kappa shape index (κ2) is 10.5. The van der Waals surface area contributed by atoms with E-state index in [1.807, 2.05) is 24.3 Å². The van der Waals surface area contributed by atoms with Gasteiger partial charge in [-0.15, -0.1) is 0 Å². The molecule has 35 heavy (non-hydrogen) atoms. The lowest BCUT2D eigenvalue weighted by Crippen LogP contribution is -2.53. The third kappa shape index (κ3) is 5.34. The minimum Gasteiger partial charge on any atom is -0.481 e. The number of rotatable bonds is 8. The summed E-state index contributed by atoms with van der Waals surface area (Å²) < 4.78 is 5.59. The maximum Gasteiger partial charge on any atom is 0.407 e. The van der Waals surface area contributed by atoms with Gasteiger partial charge >= 0.3 is 12.1 Å². The number of nitrogens with zero attached hydrogens (tertiary/aromatic N) is 1. The standard InChI is InChI=1S/C28H34N2O5/c1-19(16-25(31)30(2)28(17-26(32)33)14-8-3-9-15-28)29-27(34)35-18-24-22-12-6-4-10-20(22)21-11-5-7-13-23(21)24/h4-7,10-13,19,24H,3,8-9,14-18H2,1-2H3,(H,29,34)(H,32,33)/t19-/m1/s1. The van der Waals surface area contributed by atoms with Crippen molar-refractivity contribution in [2.45, 2.75) is 69.4 Å². The Bertz CT molecular complexity index is 1050. The maximum atomic E-state index is 13.0. The van der Waals surface area contributed by atoms with Gasteiger partial charge in [-0.3, -0.25) is 9.59 Å². The average molecular weight is 479 g/mol. The van der Waals surface area contributed by atoms with Gasteiger partial charge in [0.2, 0.25) is 5.91 Å². The van der Waals surface area contributed by atoms with Gasteiger partial charge in [0.1, 0.15) is 6.61 Å². The Morgan fingerprint density at radius 2 is 1.60 bits per heavy atom. The number of fused-ring (bicyclic) bond motifs is 3. The molecule has 2 aliphatic rings. The Kier molecular flexibility index (Phi) is 7.43. The molecule has 2 amide bonds. The number of ether oxygens (including phenoxy) is 1. The molecular weight excluding hydrogens is 444 g/mol. The van der Waals surface area contributed by atoms with Crippen LogP contribution in [0, 0.1) is 0 Å². The van der Waals surface area contributed by atoms with Gasteiger partial charge in [0.05, 0.1) is 12.0 Å². The maximum absolute atomic E-state index is 13.0. The summed E-state index contributed by atoms with van der Waals surface area (Å²) in [7, 11) is 1.69. The van der Waals surface area contributed by atoms with Crippen molar-refractivity contribution in [3.05, 3.63) is 59.7 Å². The molecular formula is C28H34N2O5. The fourth-order valence-electron chi connectivity index (χ4n) is 5.68. The third-order valence-corrected chi connectivity index (χ3v) is 7.54. The number of aliphatic carboxylic acids is 1. The van der Waals surface area contributed by atoms with Gasteiger partial charge in [-0.25, -0.2) is 4.79 Å². The molecule has 2 aromatic rings. The lowest BCUT2D eigenvalue weighted by molar-refractivity contribution is -0.146. The largest absolute Gasteiger partial charge is 0.481 e. The Balaban J connectivity index is 1.33. The lowest BCUT2D eigenvalue weighted by Gasteiger charge is -2.44. The van der Waals surface area contributed by atoms with E-state index in [4.69, 9.17) is 4.74 Å². The van der Waals surface area contributed by atoms with E-state index in [1.165, 1.54) is 0 Å². The molecule has 7 nitrogen and oxygen atoms in total. The molecule has 1 atom stereocenters. The van der Waals surface area contributed by atoms with E-state index in [9.17, 15) is 19.5 Å². The highest BCUT2D eigenvalue weighted by Gasteiger charge is 2.40. The van der Waals surface area contributed by atoms with E-state index in [0.29, 0.717) is 12.8 Å². The van der Waals surface area contributed by atoms with Crippen LogP contribution in [0.4, 0.5) is 4.79 Å². The normalized spacial score (nSPS) is 17.1. The zero-order valence-electron chi connectivity index (χ0n) is 20.5. The molecule has 7 heteroatoms. The van der Waals surface area contributed by atoms with Crippen molar-refractivity contribution in [2.24, 2.45) is 0 Å². The predicted octanol–water partition coefficient (Wildman–Crippen LogP) is 4.94. The number of carboxylic acid groups (broad SMARTS) is 1. The number of amides is 2. The van der Waals surface area contributed by atoms with Gasteiger partial charge in [0.25, 0.3) is 0 Å². The minimum absolute atomic E-state index is 0.0293. The SMILES string of the molecule is C[C@H](CC(=O)N(C)C1(CC(=O)O)CCCCC1)NC(=O)OCC1c2ccccc2-c2ccccc21. The van der Waals surface area contributed by atoms with Gasteiger partial charge in [-0.05, 0) is 42.0 Å². The minimum atomic E-state index is -0.892. The monoisotopic (exact) mass is 478 g/mol. The first-order valence-corrected chi connectivity index (χ1v) is 12.4. The first-order chi connectivity index (χ1) is 16.8. The molecule has 1 fully saturated rings. The number of alkyl carbamates (subject to hydrolysis) is 1. The number of carbonyl (C=O) groups is 3. The Morgan fingerprint density at radius 3 is 2.17 bits per heavy atom. The molecule has 2 aromatic carbocycles. The van der Waals surface area contributed by atoms with Gasteiger partial charge in [-0.2, -0.15) is 0 Å². The number of hydrogen-bond acceptors (Lipinski definition) is 4. The zero-order chi connectivity index (χ0) is 25.0. The van der Waals surface area contributed by atoms with Crippen molar-refractivity contribution in [1.29, 1.82) is 0 Å². The summed E-state index contributed by atoms with van der Waals surface area (Å²) in [5.41, 5.74) is 3.96. The molecule has 0 spiro atoms. The van der Waals surface area contributed by atoms with Crippen LogP contribution in [0.25, 0.3) is 11.1 Å². The summed E-state index contributed by atoms with van der Waals surface area (Å²) in [6.45, 7) is 1.97. The summed E-state index contributed by atoms with van der Waals surface area (Å²) in [6.07, 6.45) is 3.74. The van der Waals surface area contributed by atoms with Crippen LogP contribution in [0.1, 0.15) is 68.9 Å². The van der Waals surface area contributed by atoms with E-state index in [1.54, 1.807) is 18.9 Å². The fraction of sp³-hybridized carbons (Fsp3) is 0.464. The van der Waals surface area contributed by atoms with Gasteiger partial charge < -0.3 is 20.1 Å². The molecule has 0 heterocycles. The molecule has 1 saturated carbocycles. The van der Waals surface area contributed by atoms with Crippen molar-refractivity contribution in [1.82, 2.24) is 10.2 Å². The molecule has 0 radical (unpaired) electrons. The van der Waals surface area contributed by atoms with Crippen molar-refractivity contribution < 1.29 is 24.2 Å². The number of nitrogens with one attached hydrogen (secondary N) is 1. The lowest BCUT2D eigenvalue weighted by atomic mass is 9.78. The van der Waals surface area contributed by atoms with Crippen LogP contribution in [0.15, 0.2) is 48.5 Å². The smallest absolute Gasteiger partial charge is 0.407 e. The number of carbonyl (C=O) groups excluding carboxylic acids is 2. The van der Waals surface area contributed by atoms with Crippen LogP contribution in [-0.4, -0.2) is 53.2 Å². The highest BCUT2D eigenvalue weighted by Crippen LogP contribution is 2.44. The molecule has 0 saturated heterocycles. The molecule has 0 unspecified atom stereocenters. The van der Waals surface area contributed by atoms with Gasteiger partial charge in [0.15, 0.2) is 0 Å². The summed E-state index contributed by atoms with van der Waals surface area (Å²) >= 11 is 0. The third-order valence-electron chi connectivity index (χ3n) is 7.54. The van der Waals surface area contributed by atoms with Crippen molar-refractivity contribution in [2.75, 3.05) is 13.7 Å². The zero-order valence-corrected chi connectivity index (χ0v) is 20.5. The van der Waals surface area contributed by atoms with Crippen LogP contribution in [0.3, 0.4) is 0 Å². The highest BCUT2D eigenvalue weighted by molar-refractivity contribution is 5.80. The molecule has 4 rings (SSSR count). The van der Waals surface area contributed by atoms with Crippen molar-refractivity contribution in [3.8, 4) is 11.1 Å². The number of carboxylic acids is 1. The predicted molar refractivity (Wildman–Crippen MR) is 133 cm³/mol. The van der Waals surface area contributed by atoms with Crippen LogP contribution >= 0.6 is 0 Å². The summed E-state index contributed by atoms with van der Waals surface area (Å²) in [4.78, 5) is 38.7. The second-order valence-electron chi connectivity index (χ2n) is 9.88. The second-order valence-corrected chi connectivity index (χ2v) is 9.88. The van der Waals surface area contributed by atoms with E-state index in [-0.39, 0.29) is 31.3 Å². The quantitative estimate of drug-likeness (QED) is 0.560. The van der Waals surface area contributed by atoms with Crippen LogP contribution in [0.5, 0.6) is 0 Å². The number of hydrogen-bond donors (Lipinski definition) is 2. The van der Waals surface area contributed by atoms with E-state index in [2.05, 4.69) is 29.6 Å². The average Bonchev–Trinajstić information content (AvgIpc) is 3.16. The Morgan fingerprint density at radius 1 is 1.03 bits per heavy atom. The first kappa shape index (κ1) is 24.8. The molecule has 186 valence electrons. The van der Waals surface area contributed by atoms with Crippen LogP contribution in [0.2, 0.25) is 0 Å². The molecule has 0 aromatic heterocycles. The first-order valence-electron chi connectivity index (χ1n) is 12.4.